The lowest BCUT2D eigenvalue weighted by Gasteiger charge is -2.18. The first-order valence-corrected chi connectivity index (χ1v) is 6.29. The summed E-state index contributed by atoms with van der Waals surface area (Å²) in [6.45, 7) is 1.09. The summed E-state index contributed by atoms with van der Waals surface area (Å²) in [5.74, 6) is 4.03. The van der Waals surface area contributed by atoms with Gasteiger partial charge in [-0.2, -0.15) is 13.2 Å². The molecule has 0 radical (unpaired) electrons. The highest BCUT2D eigenvalue weighted by atomic mass is 19.4. The summed E-state index contributed by atoms with van der Waals surface area (Å²) < 4.78 is 61.2. The maximum Gasteiger partial charge on any atom is 0.419 e. The van der Waals surface area contributed by atoms with Crippen LogP contribution in [0, 0.1) is 5.82 Å². The van der Waals surface area contributed by atoms with Gasteiger partial charge in [0.1, 0.15) is 5.82 Å². The number of ether oxygens (including phenoxy) is 2. The second-order valence-electron chi connectivity index (χ2n) is 4.35. The number of alkyl halides is 3. The molecule has 3 N–H and O–H groups in total. The van der Waals surface area contributed by atoms with E-state index in [4.69, 9.17) is 15.3 Å². The van der Waals surface area contributed by atoms with Crippen LogP contribution in [0.25, 0.3) is 0 Å². The highest BCUT2D eigenvalue weighted by molar-refractivity contribution is 5.29. The molecule has 0 aliphatic carbocycles. The van der Waals surface area contributed by atoms with E-state index in [1.54, 1.807) is 0 Å². The molecule has 1 aromatic carbocycles. The lowest BCUT2D eigenvalue weighted by Crippen LogP contribution is -2.29. The summed E-state index contributed by atoms with van der Waals surface area (Å²) >= 11 is 0. The third-order valence-electron chi connectivity index (χ3n) is 2.88. The van der Waals surface area contributed by atoms with Gasteiger partial charge in [0.15, 0.2) is 0 Å². The molecule has 1 atom stereocenters. The van der Waals surface area contributed by atoms with E-state index < -0.39 is 23.6 Å². The Kier molecular flexibility index (Phi) is 7.03. The molecule has 1 rings (SSSR count). The Morgan fingerprint density at radius 2 is 1.95 bits per heavy atom. The largest absolute Gasteiger partial charge is 0.419 e. The second kappa shape index (κ2) is 8.28. The van der Waals surface area contributed by atoms with Crippen molar-refractivity contribution in [3.63, 3.8) is 0 Å². The number of nitrogens with one attached hydrogen (secondary N) is 1. The zero-order valence-corrected chi connectivity index (χ0v) is 11.5. The lowest BCUT2D eigenvalue weighted by molar-refractivity contribution is -0.140. The van der Waals surface area contributed by atoms with Gasteiger partial charge in [-0.1, -0.05) is 6.07 Å². The monoisotopic (exact) mass is 310 g/mol. The van der Waals surface area contributed by atoms with Crippen LogP contribution in [-0.4, -0.2) is 26.9 Å². The van der Waals surface area contributed by atoms with Gasteiger partial charge in [-0.25, -0.2) is 4.39 Å². The first-order chi connectivity index (χ1) is 9.90. The summed E-state index contributed by atoms with van der Waals surface area (Å²) in [6, 6.07) is 2.25. The number of hydrazine groups is 1. The number of benzene rings is 1. The zero-order chi connectivity index (χ0) is 15.9. The van der Waals surface area contributed by atoms with Crippen molar-refractivity contribution < 1.29 is 27.0 Å². The maximum absolute atomic E-state index is 13.2. The Hall–Kier alpha value is -1.22. The van der Waals surface area contributed by atoms with Gasteiger partial charge in [-0.15, -0.1) is 0 Å². The second-order valence-corrected chi connectivity index (χ2v) is 4.35. The predicted octanol–water partition coefficient (Wildman–Crippen LogP) is 2.40. The first kappa shape index (κ1) is 17.8. The van der Waals surface area contributed by atoms with Crippen molar-refractivity contribution in [2.24, 2.45) is 5.84 Å². The van der Waals surface area contributed by atoms with E-state index in [1.807, 2.05) is 0 Å². The Labute approximate surface area is 120 Å². The minimum absolute atomic E-state index is 0.251. The topological polar surface area (TPSA) is 56.5 Å². The summed E-state index contributed by atoms with van der Waals surface area (Å²) in [4.78, 5) is 0. The minimum atomic E-state index is -4.74. The highest BCUT2D eigenvalue weighted by Gasteiger charge is 2.34. The summed E-state index contributed by atoms with van der Waals surface area (Å²) in [6.07, 6.45) is -4.39. The molecule has 0 amide bonds. The highest BCUT2D eigenvalue weighted by Crippen LogP contribution is 2.33. The zero-order valence-electron chi connectivity index (χ0n) is 11.5. The molecule has 0 heterocycles. The van der Waals surface area contributed by atoms with Gasteiger partial charge < -0.3 is 9.47 Å². The molecule has 21 heavy (non-hydrogen) atoms. The van der Waals surface area contributed by atoms with Crippen LogP contribution in [0.2, 0.25) is 0 Å². The average Bonchev–Trinajstić information content (AvgIpc) is 2.42. The molecule has 0 aliphatic rings. The van der Waals surface area contributed by atoms with E-state index in [2.05, 4.69) is 5.43 Å². The Morgan fingerprint density at radius 1 is 1.24 bits per heavy atom. The normalized spacial score (nSPS) is 13.4. The van der Waals surface area contributed by atoms with Crippen LogP contribution in [0.15, 0.2) is 18.2 Å². The Morgan fingerprint density at radius 3 is 2.52 bits per heavy atom. The van der Waals surface area contributed by atoms with Gasteiger partial charge in [0.2, 0.25) is 0 Å². The molecule has 0 fully saturated rings. The number of nitrogens with two attached hydrogens (primary N) is 1. The van der Waals surface area contributed by atoms with Gasteiger partial charge in [0.25, 0.3) is 0 Å². The van der Waals surface area contributed by atoms with Crippen LogP contribution < -0.4 is 11.3 Å². The van der Waals surface area contributed by atoms with Gasteiger partial charge in [0.05, 0.1) is 18.8 Å². The van der Waals surface area contributed by atoms with Gasteiger partial charge in [-0.3, -0.25) is 11.3 Å². The molecule has 1 unspecified atom stereocenters. The van der Waals surface area contributed by atoms with Gasteiger partial charge in [0, 0.05) is 19.8 Å². The van der Waals surface area contributed by atoms with Crippen molar-refractivity contribution >= 4 is 0 Å². The SMILES string of the molecule is COCCOCCC(NN)c1ccc(F)c(C(F)(F)F)c1. The molecular weight excluding hydrogens is 292 g/mol. The lowest BCUT2D eigenvalue weighted by atomic mass is 10.0. The van der Waals surface area contributed by atoms with E-state index in [-0.39, 0.29) is 12.2 Å². The summed E-state index contributed by atoms with van der Waals surface area (Å²) in [5.41, 5.74) is 1.35. The molecule has 0 bridgehead atoms. The van der Waals surface area contributed by atoms with Crippen LogP contribution in [0.3, 0.4) is 0 Å². The quantitative estimate of drug-likeness (QED) is 0.335. The fourth-order valence-electron chi connectivity index (χ4n) is 1.77. The van der Waals surface area contributed by atoms with Crippen LogP contribution in [-0.2, 0) is 15.7 Å². The van der Waals surface area contributed by atoms with Crippen molar-refractivity contribution in [2.45, 2.75) is 18.6 Å². The van der Waals surface area contributed by atoms with Crippen LogP contribution in [0.1, 0.15) is 23.6 Å². The Balaban J connectivity index is 2.72. The molecule has 8 heteroatoms. The molecule has 0 aliphatic heterocycles. The fraction of sp³-hybridized carbons (Fsp3) is 0.538. The predicted molar refractivity (Wildman–Crippen MR) is 68.8 cm³/mol. The maximum atomic E-state index is 13.2. The van der Waals surface area contributed by atoms with Gasteiger partial charge in [-0.05, 0) is 24.1 Å². The molecule has 0 aromatic heterocycles. The van der Waals surface area contributed by atoms with Crippen molar-refractivity contribution in [3.8, 4) is 0 Å². The average molecular weight is 310 g/mol. The van der Waals surface area contributed by atoms with E-state index in [1.165, 1.54) is 13.2 Å². The van der Waals surface area contributed by atoms with Crippen molar-refractivity contribution in [2.75, 3.05) is 26.9 Å². The number of methoxy groups -OCH3 is 1. The standard InChI is InChI=1S/C13H18F4N2O2/c1-20-6-7-21-5-4-12(19-18)9-2-3-11(14)10(8-9)13(15,16)17/h2-3,8,12,19H,4-7,18H2,1H3. The third kappa shape index (κ3) is 5.58. The van der Waals surface area contributed by atoms with Crippen molar-refractivity contribution in [3.05, 3.63) is 35.1 Å². The smallest absolute Gasteiger partial charge is 0.382 e. The summed E-state index contributed by atoms with van der Waals surface area (Å²) in [7, 11) is 1.53. The van der Waals surface area contributed by atoms with Crippen LogP contribution >= 0.6 is 0 Å². The summed E-state index contributed by atoms with van der Waals surface area (Å²) in [5, 5.41) is 0. The van der Waals surface area contributed by atoms with E-state index >= 15 is 0 Å². The van der Waals surface area contributed by atoms with Crippen LogP contribution in [0.4, 0.5) is 17.6 Å². The van der Waals surface area contributed by atoms with E-state index in [0.717, 1.165) is 12.1 Å². The number of halogens is 4. The first-order valence-electron chi connectivity index (χ1n) is 6.29. The minimum Gasteiger partial charge on any atom is -0.382 e. The van der Waals surface area contributed by atoms with Crippen molar-refractivity contribution in [1.29, 1.82) is 0 Å². The van der Waals surface area contributed by atoms with E-state index in [0.29, 0.717) is 19.6 Å². The molecule has 0 saturated carbocycles. The molecule has 0 spiro atoms. The molecule has 1 aromatic rings. The van der Waals surface area contributed by atoms with Crippen molar-refractivity contribution in [1.82, 2.24) is 5.43 Å². The molecule has 4 nitrogen and oxygen atoms in total. The van der Waals surface area contributed by atoms with Gasteiger partial charge >= 0.3 is 6.18 Å². The Bertz CT molecular complexity index is 441. The molecule has 0 saturated heterocycles. The number of rotatable bonds is 8. The number of hydrogen-bond donors (Lipinski definition) is 2. The number of hydrogen-bond acceptors (Lipinski definition) is 4. The molecule has 120 valence electrons. The molecular formula is C13H18F4N2O2. The van der Waals surface area contributed by atoms with Crippen LogP contribution in [0.5, 0.6) is 0 Å². The third-order valence-corrected chi connectivity index (χ3v) is 2.88. The fourth-order valence-corrected chi connectivity index (χ4v) is 1.77. The van der Waals surface area contributed by atoms with E-state index in [9.17, 15) is 17.6 Å².